The second-order valence-corrected chi connectivity index (χ2v) is 12.6. The molecule has 1 heterocycles. The number of aryl methyl sites for hydroxylation is 1. The maximum atomic E-state index is 13.1. The lowest BCUT2D eigenvalue weighted by Gasteiger charge is -2.17. The molecule has 1 aliphatic rings. The smallest absolute Gasteiger partial charge is 0.341 e. The van der Waals surface area contributed by atoms with Crippen LogP contribution in [0.3, 0.4) is 0 Å². The Morgan fingerprint density at radius 1 is 1.11 bits per heavy atom. The summed E-state index contributed by atoms with van der Waals surface area (Å²) in [6.45, 7) is 10.0. The van der Waals surface area contributed by atoms with Crippen LogP contribution in [0.5, 0.6) is 0 Å². The number of thioether (sulfide) groups is 1. The van der Waals surface area contributed by atoms with Crippen molar-refractivity contribution >= 4 is 51.6 Å². The number of carbonyl (C=O) groups excluding carboxylic acids is 3. The van der Waals surface area contributed by atoms with Gasteiger partial charge in [0.1, 0.15) is 5.00 Å². The minimum atomic E-state index is -0.396. The molecule has 190 valence electrons. The summed E-state index contributed by atoms with van der Waals surface area (Å²) in [5.74, 6) is -0.560. The van der Waals surface area contributed by atoms with Crippen molar-refractivity contribution in [3.05, 3.63) is 40.3 Å². The summed E-state index contributed by atoms with van der Waals surface area (Å²) >= 11 is 2.92. The van der Waals surface area contributed by atoms with Crippen LogP contribution in [0.1, 0.15) is 81.1 Å². The monoisotopic (exact) mass is 516 g/mol. The Hall–Kier alpha value is -2.32. The van der Waals surface area contributed by atoms with Gasteiger partial charge >= 0.3 is 5.97 Å². The second kappa shape index (κ2) is 12.1. The molecule has 0 saturated heterocycles. The van der Waals surface area contributed by atoms with Crippen LogP contribution in [0.2, 0.25) is 0 Å². The number of rotatable bonds is 8. The van der Waals surface area contributed by atoms with Gasteiger partial charge in [-0.3, -0.25) is 9.59 Å². The molecular formula is C27H36N2O4S2. The van der Waals surface area contributed by atoms with Crippen molar-refractivity contribution in [3.8, 4) is 0 Å². The molecule has 1 unspecified atom stereocenters. The number of fused-ring (bicyclic) bond motifs is 1. The molecule has 1 atom stereocenters. The molecule has 0 radical (unpaired) electrons. The van der Waals surface area contributed by atoms with E-state index in [2.05, 4.69) is 10.6 Å². The number of thiophene rings is 1. The Kier molecular flexibility index (Phi) is 9.41. The van der Waals surface area contributed by atoms with Gasteiger partial charge < -0.3 is 15.4 Å². The summed E-state index contributed by atoms with van der Waals surface area (Å²) in [6, 6.07) is 7.52. The second-order valence-electron chi connectivity index (χ2n) is 10.1. The van der Waals surface area contributed by atoms with Crippen molar-refractivity contribution in [1.82, 2.24) is 0 Å². The lowest BCUT2D eigenvalue weighted by Crippen LogP contribution is -2.23. The van der Waals surface area contributed by atoms with Gasteiger partial charge in [0.2, 0.25) is 11.8 Å². The normalized spacial score (nSPS) is 14.4. The van der Waals surface area contributed by atoms with Crippen LogP contribution in [0.25, 0.3) is 0 Å². The minimum Gasteiger partial charge on any atom is -0.462 e. The number of carbonyl (C=O) groups is 3. The molecule has 0 fully saturated rings. The highest BCUT2D eigenvalue weighted by molar-refractivity contribution is 8.00. The van der Waals surface area contributed by atoms with Gasteiger partial charge in [0.15, 0.2) is 0 Å². The van der Waals surface area contributed by atoms with Crippen molar-refractivity contribution in [1.29, 1.82) is 0 Å². The van der Waals surface area contributed by atoms with Gasteiger partial charge in [0.25, 0.3) is 0 Å². The van der Waals surface area contributed by atoms with Gasteiger partial charge in [-0.25, -0.2) is 4.79 Å². The van der Waals surface area contributed by atoms with Gasteiger partial charge in [0.05, 0.1) is 17.4 Å². The Bertz CT molecular complexity index is 1070. The number of esters is 1. The maximum absolute atomic E-state index is 13.1. The third-order valence-corrected chi connectivity index (χ3v) is 7.93. The molecule has 1 aromatic carbocycles. The molecule has 1 aliphatic carbocycles. The number of ether oxygens (including phenoxy) is 1. The zero-order valence-electron chi connectivity index (χ0n) is 21.3. The van der Waals surface area contributed by atoms with E-state index in [-0.39, 0.29) is 23.2 Å². The number of hydrogen-bond acceptors (Lipinski definition) is 6. The Morgan fingerprint density at radius 3 is 2.57 bits per heavy atom. The van der Waals surface area contributed by atoms with E-state index >= 15 is 0 Å². The zero-order chi connectivity index (χ0) is 25.6. The van der Waals surface area contributed by atoms with E-state index in [1.807, 2.05) is 52.0 Å². The molecule has 1 aromatic heterocycles. The lowest BCUT2D eigenvalue weighted by molar-refractivity contribution is -0.118. The molecule has 3 rings (SSSR count). The fraction of sp³-hybridized carbons (Fsp3) is 0.519. The first-order chi connectivity index (χ1) is 16.6. The number of benzene rings is 1. The summed E-state index contributed by atoms with van der Waals surface area (Å²) in [6.07, 6.45) is 5.48. The molecule has 2 N–H and O–H groups in total. The third kappa shape index (κ3) is 7.84. The maximum Gasteiger partial charge on any atom is 0.341 e. The number of hydrogen-bond donors (Lipinski definition) is 2. The molecule has 0 bridgehead atoms. The first-order valence-corrected chi connectivity index (χ1v) is 14.0. The van der Waals surface area contributed by atoms with E-state index in [4.69, 9.17) is 4.74 Å². The number of amides is 2. The third-order valence-electron chi connectivity index (χ3n) is 5.63. The van der Waals surface area contributed by atoms with Crippen LogP contribution in [0, 0.1) is 5.41 Å². The molecule has 0 saturated carbocycles. The molecule has 0 aliphatic heterocycles. The first-order valence-electron chi connectivity index (χ1n) is 12.3. The van der Waals surface area contributed by atoms with Crippen LogP contribution in [-0.2, 0) is 27.2 Å². The summed E-state index contributed by atoms with van der Waals surface area (Å²) in [4.78, 5) is 40.2. The highest BCUT2D eigenvalue weighted by Crippen LogP contribution is 2.38. The highest BCUT2D eigenvalue weighted by Gasteiger charge is 2.28. The fourth-order valence-electron chi connectivity index (χ4n) is 4.06. The van der Waals surface area contributed by atoms with Gasteiger partial charge in [-0.1, -0.05) is 33.3 Å². The Morgan fingerprint density at radius 2 is 1.86 bits per heavy atom. The molecule has 8 heteroatoms. The van der Waals surface area contributed by atoms with Crippen LogP contribution in [0.15, 0.2) is 29.2 Å². The Labute approximate surface area is 216 Å². The number of anilines is 2. The SMILES string of the molecule is CCOC(=O)c1c(NC(=O)C(C)Sc2cccc(NC(=O)CC(C)(C)C)c2)sc2c1CCCCC2. The molecule has 6 nitrogen and oxygen atoms in total. The van der Waals surface area contributed by atoms with Crippen molar-refractivity contribution in [2.45, 2.75) is 83.3 Å². The summed E-state index contributed by atoms with van der Waals surface area (Å²) in [5, 5.41) is 6.15. The summed E-state index contributed by atoms with van der Waals surface area (Å²) < 4.78 is 5.32. The van der Waals surface area contributed by atoms with Gasteiger partial charge in [0, 0.05) is 21.9 Å². The van der Waals surface area contributed by atoms with Crippen molar-refractivity contribution in [3.63, 3.8) is 0 Å². The van der Waals surface area contributed by atoms with Crippen molar-refractivity contribution < 1.29 is 19.1 Å². The Balaban J connectivity index is 1.70. The molecule has 2 amide bonds. The van der Waals surface area contributed by atoms with Crippen LogP contribution >= 0.6 is 23.1 Å². The molecule has 35 heavy (non-hydrogen) atoms. The molecule has 2 aromatic rings. The largest absolute Gasteiger partial charge is 0.462 e. The quantitative estimate of drug-likeness (QED) is 0.232. The predicted octanol–water partition coefficient (Wildman–Crippen LogP) is 6.69. The van der Waals surface area contributed by atoms with Crippen LogP contribution < -0.4 is 10.6 Å². The van der Waals surface area contributed by atoms with E-state index in [9.17, 15) is 14.4 Å². The number of nitrogens with one attached hydrogen (secondary N) is 2. The molecule has 0 spiro atoms. The topological polar surface area (TPSA) is 84.5 Å². The zero-order valence-corrected chi connectivity index (χ0v) is 22.9. The van der Waals surface area contributed by atoms with Gasteiger partial charge in [-0.05, 0) is 68.7 Å². The average molecular weight is 517 g/mol. The van der Waals surface area contributed by atoms with E-state index in [0.29, 0.717) is 29.3 Å². The van der Waals surface area contributed by atoms with Crippen molar-refractivity contribution in [2.75, 3.05) is 17.2 Å². The van der Waals surface area contributed by atoms with E-state index < -0.39 is 5.25 Å². The predicted molar refractivity (Wildman–Crippen MR) is 145 cm³/mol. The minimum absolute atomic E-state index is 0.0330. The highest BCUT2D eigenvalue weighted by atomic mass is 32.2. The first kappa shape index (κ1) is 27.3. The van der Waals surface area contributed by atoms with Crippen LogP contribution in [-0.4, -0.2) is 29.6 Å². The van der Waals surface area contributed by atoms with Gasteiger partial charge in [-0.15, -0.1) is 23.1 Å². The average Bonchev–Trinajstić information content (AvgIpc) is 2.93. The van der Waals surface area contributed by atoms with Crippen LogP contribution in [0.4, 0.5) is 10.7 Å². The van der Waals surface area contributed by atoms with Gasteiger partial charge in [-0.2, -0.15) is 0 Å². The summed E-state index contributed by atoms with van der Waals surface area (Å²) in [5.41, 5.74) is 2.19. The van der Waals surface area contributed by atoms with E-state index in [0.717, 1.165) is 42.6 Å². The standard InChI is InChI=1S/C27H36N2O4S2/c1-6-33-26(32)23-20-13-8-7-9-14-21(20)35-25(23)29-24(31)17(2)34-19-12-10-11-18(15-19)28-22(30)16-27(3,4)5/h10-12,15,17H,6-9,13-14,16H2,1-5H3,(H,28,30)(H,29,31). The molecular weight excluding hydrogens is 480 g/mol. The summed E-state index contributed by atoms with van der Waals surface area (Å²) in [7, 11) is 0. The van der Waals surface area contributed by atoms with E-state index in [1.165, 1.54) is 28.0 Å². The fourth-order valence-corrected chi connectivity index (χ4v) is 6.26. The van der Waals surface area contributed by atoms with Crippen molar-refractivity contribution in [2.24, 2.45) is 5.41 Å². The van der Waals surface area contributed by atoms with E-state index in [1.54, 1.807) is 6.92 Å². The lowest BCUT2D eigenvalue weighted by atomic mass is 9.92.